The Bertz CT molecular complexity index is 60.0. The molecule has 10 heavy (non-hydrogen) atoms. The van der Waals surface area contributed by atoms with Gasteiger partial charge in [-0.05, 0) is 7.05 Å². The number of hydrogen-bond donors (Lipinski definition) is 0. The normalized spacial score (nSPS) is 21.6. The monoisotopic (exact) mass is 162 g/mol. The zero-order valence-electron chi connectivity index (χ0n) is 7.30. The van der Waals surface area contributed by atoms with Crippen LogP contribution in [0.25, 0.3) is 0 Å². The van der Waals surface area contributed by atoms with E-state index in [1.54, 1.807) is 0 Å². The molecular weight excluding hydrogens is 143 g/mol. The summed E-state index contributed by atoms with van der Waals surface area (Å²) in [7, 11) is 4.89. The largest absolute Gasteiger partial charge is 0.304 e. The zero-order chi connectivity index (χ0) is 7.98. The average molecular weight is 162 g/mol. The van der Waals surface area contributed by atoms with Crippen LogP contribution in [-0.2, 0) is 0 Å². The number of likely N-dealkylation sites (N-methyl/N-ethyl adjacent to an activating group) is 1. The van der Waals surface area contributed by atoms with Crippen molar-refractivity contribution in [2.24, 2.45) is 0 Å². The molecule has 1 rings (SSSR count). The van der Waals surface area contributed by atoms with Crippen LogP contribution in [0.2, 0.25) is 0 Å². The summed E-state index contributed by atoms with van der Waals surface area (Å²) in [5.41, 5.74) is 0. The minimum atomic E-state index is 1.20. The van der Waals surface area contributed by atoms with Crippen molar-refractivity contribution < 1.29 is 0 Å². The van der Waals surface area contributed by atoms with Gasteiger partial charge in [0.15, 0.2) is 0 Å². The van der Waals surface area contributed by atoms with Crippen molar-refractivity contribution in [2.45, 2.75) is 13.8 Å². The van der Waals surface area contributed by atoms with E-state index in [1.165, 1.54) is 26.2 Å². The first-order valence-electron chi connectivity index (χ1n) is 3.97. The molecule has 0 saturated carbocycles. The van der Waals surface area contributed by atoms with Crippen LogP contribution in [0.1, 0.15) is 13.8 Å². The van der Waals surface area contributed by atoms with Gasteiger partial charge in [0.05, 0.1) is 0 Å². The maximum atomic E-state index is 2.73. The first kappa shape index (κ1) is 10.3. The first-order valence-corrected chi connectivity index (χ1v) is 4.49. The van der Waals surface area contributed by atoms with Gasteiger partial charge in [-0.25, -0.2) is 0 Å². The predicted molar refractivity (Wildman–Crippen MR) is 50.1 cm³/mol. The van der Waals surface area contributed by atoms with Crippen molar-refractivity contribution in [1.29, 1.82) is 0 Å². The number of nitrogens with zero attached hydrogens (tertiary/aromatic N) is 2. The van der Waals surface area contributed by atoms with Crippen LogP contribution in [0, 0.1) is 0 Å². The van der Waals surface area contributed by atoms with Crippen LogP contribution < -0.4 is 0 Å². The smallest absolute Gasteiger partial charge is 0.0145 e. The van der Waals surface area contributed by atoms with E-state index in [4.69, 9.17) is 0 Å². The minimum absolute atomic E-state index is 1.20. The third-order valence-corrected chi connectivity index (χ3v) is 2.05. The maximum Gasteiger partial charge on any atom is 0.0145 e. The fourth-order valence-electron chi connectivity index (χ4n) is 0.822. The summed E-state index contributed by atoms with van der Waals surface area (Å²) in [4.78, 5) is 2.35. The third-order valence-electron chi connectivity index (χ3n) is 1.54. The van der Waals surface area contributed by atoms with Crippen LogP contribution in [0.3, 0.4) is 0 Å². The van der Waals surface area contributed by atoms with Crippen molar-refractivity contribution in [1.82, 2.24) is 9.57 Å². The van der Waals surface area contributed by atoms with Crippen molar-refractivity contribution >= 4 is 9.39 Å². The van der Waals surface area contributed by atoms with Gasteiger partial charge in [-0.15, -0.1) is 0 Å². The Morgan fingerprint density at radius 1 is 1.00 bits per heavy atom. The van der Waals surface area contributed by atoms with Crippen LogP contribution in [-0.4, -0.2) is 42.8 Å². The fraction of sp³-hybridized carbons (Fsp3) is 1.00. The van der Waals surface area contributed by atoms with Gasteiger partial charge in [0.2, 0.25) is 0 Å². The molecule has 0 aromatic carbocycles. The highest BCUT2D eigenvalue weighted by Gasteiger charge is 2.07. The molecule has 0 aliphatic carbocycles. The van der Waals surface area contributed by atoms with E-state index in [2.05, 4.69) is 26.0 Å². The molecule has 3 heteroatoms. The summed E-state index contributed by atoms with van der Waals surface area (Å²) >= 11 is 0. The van der Waals surface area contributed by atoms with E-state index in [0.717, 1.165) is 0 Å². The second kappa shape index (κ2) is 6.09. The van der Waals surface area contributed by atoms with Crippen molar-refractivity contribution in [3.8, 4) is 0 Å². The van der Waals surface area contributed by atoms with Gasteiger partial charge in [0, 0.05) is 26.2 Å². The van der Waals surface area contributed by atoms with Crippen molar-refractivity contribution in [3.63, 3.8) is 0 Å². The molecule has 0 N–H and O–H groups in total. The molecule has 1 aliphatic rings. The van der Waals surface area contributed by atoms with Crippen LogP contribution in [0.15, 0.2) is 0 Å². The van der Waals surface area contributed by atoms with Crippen molar-refractivity contribution in [2.75, 3.05) is 33.2 Å². The highest BCUT2D eigenvalue weighted by atomic mass is 31.0. The lowest BCUT2D eigenvalue weighted by Crippen LogP contribution is -2.39. The quantitative estimate of drug-likeness (QED) is 0.491. The molecule has 0 amide bonds. The molecule has 2 nitrogen and oxygen atoms in total. The molecule has 0 radical (unpaired) electrons. The predicted octanol–water partition coefficient (Wildman–Crippen LogP) is 1.05. The average Bonchev–Trinajstić information content (AvgIpc) is 2.00. The first-order chi connectivity index (χ1) is 4.79. The molecule has 1 unspecified atom stereocenters. The summed E-state index contributed by atoms with van der Waals surface area (Å²) in [6.07, 6.45) is 0. The molecule has 0 aromatic rings. The highest BCUT2D eigenvalue weighted by Crippen LogP contribution is 2.02. The number of hydrogen-bond acceptors (Lipinski definition) is 2. The molecule has 62 valence electrons. The molecule has 1 aliphatic heterocycles. The molecule has 0 bridgehead atoms. The lowest BCUT2D eigenvalue weighted by Gasteiger charge is -2.28. The Morgan fingerprint density at radius 2 is 1.40 bits per heavy atom. The lowest BCUT2D eigenvalue weighted by atomic mass is 10.4. The molecular formula is C7H19N2P. The third kappa shape index (κ3) is 4.21. The molecule has 1 heterocycles. The van der Waals surface area contributed by atoms with Gasteiger partial charge in [0.1, 0.15) is 0 Å². The van der Waals surface area contributed by atoms with E-state index < -0.39 is 0 Å². The Morgan fingerprint density at radius 3 is 1.70 bits per heavy atom. The van der Waals surface area contributed by atoms with Gasteiger partial charge < -0.3 is 4.90 Å². The summed E-state index contributed by atoms with van der Waals surface area (Å²) in [6, 6.07) is 0. The fourth-order valence-corrected chi connectivity index (χ4v) is 1.05. The van der Waals surface area contributed by atoms with Gasteiger partial charge >= 0.3 is 0 Å². The Hall–Kier alpha value is 0.350. The number of piperazine rings is 1. The van der Waals surface area contributed by atoms with E-state index >= 15 is 0 Å². The van der Waals surface area contributed by atoms with Gasteiger partial charge in [0.25, 0.3) is 0 Å². The second-order valence-corrected chi connectivity index (χ2v) is 3.07. The van der Waals surface area contributed by atoms with Gasteiger partial charge in [-0.3, -0.25) is 4.67 Å². The molecule has 1 fully saturated rings. The summed E-state index contributed by atoms with van der Waals surface area (Å²) in [5.74, 6) is 0. The Labute approximate surface area is 66.8 Å². The molecule has 0 spiro atoms. The van der Waals surface area contributed by atoms with Gasteiger partial charge in [-0.2, -0.15) is 0 Å². The van der Waals surface area contributed by atoms with E-state index in [0.29, 0.717) is 0 Å². The maximum absolute atomic E-state index is 2.73. The zero-order valence-corrected chi connectivity index (χ0v) is 8.45. The van der Waals surface area contributed by atoms with E-state index in [-0.39, 0.29) is 0 Å². The summed E-state index contributed by atoms with van der Waals surface area (Å²) in [5, 5.41) is 0. The number of rotatable bonds is 0. The van der Waals surface area contributed by atoms with Crippen LogP contribution in [0.5, 0.6) is 0 Å². The lowest BCUT2D eigenvalue weighted by molar-refractivity contribution is 0.233. The van der Waals surface area contributed by atoms with Gasteiger partial charge in [-0.1, -0.05) is 23.2 Å². The standard InChI is InChI=1S/C5H13N2P.C2H6/c1-6-2-4-7(8)5-3-6;1-2/h2-5,8H2,1H3;1-2H3. The van der Waals surface area contributed by atoms with E-state index in [9.17, 15) is 0 Å². The SMILES string of the molecule is CC.CN1CCN(P)CC1. The molecule has 1 atom stereocenters. The van der Waals surface area contributed by atoms with Crippen molar-refractivity contribution in [3.05, 3.63) is 0 Å². The second-order valence-electron chi connectivity index (χ2n) is 2.34. The molecule has 1 saturated heterocycles. The summed E-state index contributed by atoms with van der Waals surface area (Å²) < 4.78 is 2.28. The minimum Gasteiger partial charge on any atom is -0.304 e. The Balaban J connectivity index is 0.000000371. The molecule has 0 aromatic heterocycles. The summed E-state index contributed by atoms with van der Waals surface area (Å²) in [6.45, 7) is 8.81. The van der Waals surface area contributed by atoms with Crippen LogP contribution >= 0.6 is 9.39 Å². The Kier molecular flexibility index (Phi) is 6.30. The topological polar surface area (TPSA) is 6.48 Å². The highest BCUT2D eigenvalue weighted by molar-refractivity contribution is 7.13. The van der Waals surface area contributed by atoms with Crippen LogP contribution in [0.4, 0.5) is 0 Å². The van der Waals surface area contributed by atoms with E-state index in [1.807, 2.05) is 13.8 Å².